The lowest BCUT2D eigenvalue weighted by atomic mass is 9.87. The quantitative estimate of drug-likeness (QED) is 0.439. The molecule has 0 bridgehead atoms. The first-order valence-corrected chi connectivity index (χ1v) is 12.6. The Labute approximate surface area is 203 Å². The maximum atomic E-state index is 11.4. The van der Waals surface area contributed by atoms with Crippen molar-refractivity contribution in [2.45, 2.75) is 71.4 Å². The number of aryl methyl sites for hydroxylation is 3. The van der Waals surface area contributed by atoms with Gasteiger partial charge in [-0.3, -0.25) is 4.79 Å². The molecular formula is C23H31N7O3S. The summed E-state index contributed by atoms with van der Waals surface area (Å²) < 4.78 is 12.3. The summed E-state index contributed by atoms with van der Waals surface area (Å²) >= 11 is 1.35. The molecule has 1 fully saturated rings. The number of rotatable bonds is 10. The molecule has 11 heteroatoms. The van der Waals surface area contributed by atoms with Gasteiger partial charge in [0.2, 0.25) is 5.13 Å². The number of carboxylic acid groups (broad SMARTS) is 1. The minimum Gasteiger partial charge on any atom is -0.488 e. The van der Waals surface area contributed by atoms with Gasteiger partial charge in [0.1, 0.15) is 17.3 Å². The Morgan fingerprint density at radius 3 is 2.91 bits per heavy atom. The van der Waals surface area contributed by atoms with E-state index < -0.39 is 5.97 Å². The number of hydrogen-bond donors (Lipinski definition) is 2. The van der Waals surface area contributed by atoms with Crippen molar-refractivity contribution in [3.05, 3.63) is 29.3 Å². The standard InChI is InChI=1S/C23H31N7O3S/c1-4-7-20-26-23(34-28-20)24-13-18-21(27-29-30(18)3)17-10-11-19(16(5-2)25-17)33-15-9-6-8-14(12-15)22(31)32/h10-11,14-15H,4-9,12-13H2,1-3H3,(H,31,32)(H,24,26,28)/t14-,15-/m0/s1. The molecule has 10 nitrogen and oxygen atoms in total. The van der Waals surface area contributed by atoms with E-state index in [1.165, 1.54) is 11.5 Å². The molecule has 3 aromatic rings. The van der Waals surface area contributed by atoms with Crippen molar-refractivity contribution >= 4 is 22.6 Å². The van der Waals surface area contributed by atoms with E-state index in [4.69, 9.17) is 9.72 Å². The number of carbonyl (C=O) groups is 1. The second-order valence-electron chi connectivity index (χ2n) is 8.56. The Hall–Kier alpha value is -3.08. The normalized spacial score (nSPS) is 18.1. The van der Waals surface area contributed by atoms with Crippen LogP contribution in [0.25, 0.3) is 11.4 Å². The smallest absolute Gasteiger partial charge is 0.306 e. The van der Waals surface area contributed by atoms with Crippen molar-refractivity contribution in [3.63, 3.8) is 0 Å². The summed E-state index contributed by atoms with van der Waals surface area (Å²) in [5, 5.41) is 22.0. The van der Waals surface area contributed by atoms with Gasteiger partial charge < -0.3 is 15.2 Å². The summed E-state index contributed by atoms with van der Waals surface area (Å²) in [7, 11) is 1.86. The van der Waals surface area contributed by atoms with E-state index in [1.54, 1.807) is 4.68 Å². The van der Waals surface area contributed by atoms with E-state index in [2.05, 4.69) is 31.9 Å². The van der Waals surface area contributed by atoms with Crippen LogP contribution in [0, 0.1) is 5.92 Å². The van der Waals surface area contributed by atoms with E-state index in [-0.39, 0.29) is 12.0 Å². The maximum Gasteiger partial charge on any atom is 0.306 e. The maximum absolute atomic E-state index is 11.4. The van der Waals surface area contributed by atoms with E-state index in [9.17, 15) is 9.90 Å². The van der Waals surface area contributed by atoms with E-state index in [0.717, 1.165) is 53.7 Å². The second kappa shape index (κ2) is 10.9. The van der Waals surface area contributed by atoms with Crippen LogP contribution in [0.1, 0.15) is 63.2 Å². The Morgan fingerprint density at radius 2 is 2.15 bits per heavy atom. The lowest BCUT2D eigenvalue weighted by Gasteiger charge is -2.28. The van der Waals surface area contributed by atoms with Crippen LogP contribution in [0.2, 0.25) is 0 Å². The van der Waals surface area contributed by atoms with E-state index in [1.807, 2.05) is 26.1 Å². The van der Waals surface area contributed by atoms with Crippen molar-refractivity contribution in [1.29, 1.82) is 0 Å². The topological polar surface area (TPSA) is 128 Å². The lowest BCUT2D eigenvalue weighted by molar-refractivity contribution is -0.143. The molecule has 1 saturated carbocycles. The van der Waals surface area contributed by atoms with Gasteiger partial charge in [0.05, 0.1) is 35.6 Å². The van der Waals surface area contributed by atoms with Crippen LogP contribution >= 0.6 is 11.5 Å². The van der Waals surface area contributed by atoms with Crippen molar-refractivity contribution in [1.82, 2.24) is 29.3 Å². The number of anilines is 1. The van der Waals surface area contributed by atoms with Gasteiger partial charge in [0.15, 0.2) is 0 Å². The van der Waals surface area contributed by atoms with Gasteiger partial charge in [-0.1, -0.05) is 19.1 Å². The highest BCUT2D eigenvalue weighted by Gasteiger charge is 2.28. The summed E-state index contributed by atoms with van der Waals surface area (Å²) in [4.78, 5) is 20.7. The summed E-state index contributed by atoms with van der Waals surface area (Å²) in [5.74, 6) is 0.493. The number of aliphatic carboxylic acids is 1. The van der Waals surface area contributed by atoms with Gasteiger partial charge in [0.25, 0.3) is 0 Å². The minimum absolute atomic E-state index is 0.103. The number of aromatic nitrogens is 6. The molecular weight excluding hydrogens is 454 g/mol. The number of nitrogens with one attached hydrogen (secondary N) is 1. The molecule has 3 heterocycles. The van der Waals surface area contributed by atoms with Crippen molar-refractivity contribution in [2.24, 2.45) is 13.0 Å². The lowest BCUT2D eigenvalue weighted by Crippen LogP contribution is -2.29. The first kappa shape index (κ1) is 24.1. The van der Waals surface area contributed by atoms with E-state index >= 15 is 0 Å². The SMILES string of the molecule is CCCc1nsc(NCc2c(-c3ccc(O[C@H]4CCC[C@H](C(=O)O)C4)c(CC)n3)nnn2C)n1. The Kier molecular flexibility index (Phi) is 7.71. The van der Waals surface area contributed by atoms with E-state index in [0.29, 0.717) is 37.3 Å². The summed E-state index contributed by atoms with van der Waals surface area (Å²) in [6.07, 6.45) is 5.44. The molecule has 3 aromatic heterocycles. The number of hydrogen-bond acceptors (Lipinski definition) is 9. The van der Waals surface area contributed by atoms with Gasteiger partial charge in [-0.2, -0.15) is 4.37 Å². The Balaban J connectivity index is 1.49. The first-order valence-electron chi connectivity index (χ1n) is 11.8. The highest BCUT2D eigenvalue weighted by molar-refractivity contribution is 7.09. The highest BCUT2D eigenvalue weighted by atomic mass is 32.1. The fourth-order valence-electron chi connectivity index (χ4n) is 4.22. The number of nitrogens with zero attached hydrogens (tertiary/aromatic N) is 6. The van der Waals surface area contributed by atoms with Crippen LogP contribution in [-0.4, -0.2) is 46.5 Å². The zero-order valence-corrected chi connectivity index (χ0v) is 20.6. The largest absolute Gasteiger partial charge is 0.488 e. The summed E-state index contributed by atoms with van der Waals surface area (Å²) in [6.45, 7) is 4.64. The zero-order chi connectivity index (χ0) is 24.1. The van der Waals surface area contributed by atoms with Crippen LogP contribution in [0.3, 0.4) is 0 Å². The molecule has 34 heavy (non-hydrogen) atoms. The third kappa shape index (κ3) is 5.52. The van der Waals surface area contributed by atoms with Crippen LogP contribution in [0.15, 0.2) is 12.1 Å². The minimum atomic E-state index is -0.739. The molecule has 1 aliphatic rings. The number of carboxylic acids is 1. The fourth-order valence-corrected chi connectivity index (χ4v) is 4.83. The molecule has 4 rings (SSSR count). The molecule has 0 radical (unpaired) electrons. The Bertz CT molecular complexity index is 1130. The van der Waals surface area contributed by atoms with Gasteiger partial charge >= 0.3 is 5.97 Å². The molecule has 0 aromatic carbocycles. The number of ether oxygens (including phenoxy) is 1. The first-order chi connectivity index (χ1) is 16.5. The average molecular weight is 486 g/mol. The molecule has 2 N–H and O–H groups in total. The molecule has 0 aliphatic heterocycles. The molecule has 0 spiro atoms. The monoisotopic (exact) mass is 485 g/mol. The van der Waals surface area contributed by atoms with Crippen molar-refractivity contribution in [2.75, 3.05) is 5.32 Å². The zero-order valence-electron chi connectivity index (χ0n) is 19.8. The van der Waals surface area contributed by atoms with Gasteiger partial charge in [-0.15, -0.1) is 5.10 Å². The summed E-state index contributed by atoms with van der Waals surface area (Å²) in [5.41, 5.74) is 3.16. The second-order valence-corrected chi connectivity index (χ2v) is 9.32. The third-order valence-electron chi connectivity index (χ3n) is 6.07. The molecule has 0 amide bonds. The predicted octanol–water partition coefficient (Wildman–Crippen LogP) is 3.88. The fraction of sp³-hybridized carbons (Fsp3) is 0.565. The van der Waals surface area contributed by atoms with Crippen LogP contribution in [-0.2, 0) is 31.2 Å². The molecule has 1 aliphatic carbocycles. The molecule has 2 atom stereocenters. The van der Waals surface area contributed by atoms with Crippen LogP contribution < -0.4 is 10.1 Å². The molecule has 182 valence electrons. The highest BCUT2D eigenvalue weighted by Crippen LogP contribution is 2.31. The van der Waals surface area contributed by atoms with Crippen LogP contribution in [0.5, 0.6) is 5.75 Å². The third-order valence-corrected chi connectivity index (χ3v) is 6.78. The Morgan fingerprint density at radius 1 is 1.29 bits per heavy atom. The molecule has 0 saturated heterocycles. The van der Waals surface area contributed by atoms with Crippen molar-refractivity contribution < 1.29 is 14.6 Å². The predicted molar refractivity (Wildman–Crippen MR) is 129 cm³/mol. The molecule has 0 unspecified atom stereocenters. The van der Waals surface area contributed by atoms with Crippen LogP contribution in [0.4, 0.5) is 5.13 Å². The van der Waals surface area contributed by atoms with Gasteiger partial charge in [-0.25, -0.2) is 14.6 Å². The van der Waals surface area contributed by atoms with Crippen molar-refractivity contribution in [3.8, 4) is 17.1 Å². The van der Waals surface area contributed by atoms with Gasteiger partial charge in [-0.05, 0) is 50.7 Å². The summed E-state index contributed by atoms with van der Waals surface area (Å²) in [6, 6.07) is 3.81. The number of pyridine rings is 1. The van der Waals surface area contributed by atoms with Gasteiger partial charge in [0, 0.05) is 25.0 Å². The average Bonchev–Trinajstić information content (AvgIpc) is 3.44.